The predicted molar refractivity (Wildman–Crippen MR) is 146 cm³/mol. The zero-order chi connectivity index (χ0) is 25.1. The van der Waals surface area contributed by atoms with Crippen LogP contribution < -0.4 is 10.2 Å². The van der Waals surface area contributed by atoms with Gasteiger partial charge in [-0.1, -0.05) is 68.6 Å². The Morgan fingerprint density at radius 2 is 1.80 bits per heavy atom. The first-order chi connectivity index (χ1) is 16.8. The van der Waals surface area contributed by atoms with Crippen molar-refractivity contribution in [3.05, 3.63) is 103 Å². The fraction of sp³-hybridized carbons (Fsp3) is 0.115. The molecule has 1 aliphatic heterocycles. The molecule has 1 atom stereocenters. The molecule has 5 nitrogen and oxygen atoms in total. The lowest BCUT2D eigenvalue weighted by molar-refractivity contribution is -0.117. The summed E-state index contributed by atoms with van der Waals surface area (Å²) in [4.78, 5) is 28.2. The molecule has 9 heteroatoms. The summed E-state index contributed by atoms with van der Waals surface area (Å²) in [6.45, 7) is 1.94. The van der Waals surface area contributed by atoms with E-state index in [1.807, 2.05) is 25.1 Å². The van der Waals surface area contributed by atoms with Crippen LogP contribution in [0.5, 0.6) is 0 Å². The smallest absolute Gasteiger partial charge is 0.269 e. The molecule has 1 fully saturated rings. The van der Waals surface area contributed by atoms with Gasteiger partial charge in [-0.05, 0) is 73.5 Å². The molecule has 35 heavy (non-hydrogen) atoms. The molecule has 4 rings (SSSR count). The van der Waals surface area contributed by atoms with Crippen LogP contribution in [0.3, 0.4) is 0 Å². The lowest BCUT2D eigenvalue weighted by Crippen LogP contribution is -2.31. The van der Waals surface area contributed by atoms with Crippen molar-refractivity contribution in [2.45, 2.75) is 18.6 Å². The maximum atomic E-state index is 13.6. The maximum Gasteiger partial charge on any atom is 0.269 e. The van der Waals surface area contributed by atoms with Crippen LogP contribution in [-0.2, 0) is 16.0 Å². The van der Waals surface area contributed by atoms with Gasteiger partial charge in [0.05, 0.1) is 5.25 Å². The SMILES string of the molecule is Cc1ccc(N2C(=O)[C@@H](Cc3cc(Cl)ccc3Cl)S/C2=C(/C#N)C(=O)Nc2ccc(Br)cc2)cc1. The molecule has 1 heterocycles. The molecule has 1 aliphatic rings. The van der Waals surface area contributed by atoms with Gasteiger partial charge in [0.25, 0.3) is 5.91 Å². The second-order valence-electron chi connectivity index (χ2n) is 7.81. The lowest BCUT2D eigenvalue weighted by Gasteiger charge is -2.19. The molecule has 2 amide bonds. The van der Waals surface area contributed by atoms with E-state index in [0.29, 0.717) is 33.4 Å². The highest BCUT2D eigenvalue weighted by molar-refractivity contribution is 9.10. The fourth-order valence-electron chi connectivity index (χ4n) is 3.54. The van der Waals surface area contributed by atoms with Crippen LogP contribution >= 0.6 is 50.9 Å². The summed E-state index contributed by atoms with van der Waals surface area (Å²) >= 11 is 17.0. The molecule has 176 valence electrons. The van der Waals surface area contributed by atoms with E-state index in [1.54, 1.807) is 54.6 Å². The van der Waals surface area contributed by atoms with E-state index in [-0.39, 0.29) is 16.5 Å². The Morgan fingerprint density at radius 1 is 1.11 bits per heavy atom. The van der Waals surface area contributed by atoms with Crippen molar-refractivity contribution in [1.29, 1.82) is 5.26 Å². The number of hydrogen-bond acceptors (Lipinski definition) is 4. The monoisotopic (exact) mass is 585 g/mol. The zero-order valence-corrected chi connectivity index (χ0v) is 22.3. The maximum absolute atomic E-state index is 13.6. The van der Waals surface area contributed by atoms with Crippen molar-refractivity contribution in [3.63, 3.8) is 0 Å². The summed E-state index contributed by atoms with van der Waals surface area (Å²) in [5.41, 5.74) is 2.70. The summed E-state index contributed by atoms with van der Waals surface area (Å²) in [5, 5.41) is 13.4. The highest BCUT2D eigenvalue weighted by atomic mass is 79.9. The topological polar surface area (TPSA) is 73.2 Å². The van der Waals surface area contributed by atoms with Crippen molar-refractivity contribution in [3.8, 4) is 6.07 Å². The van der Waals surface area contributed by atoms with Crippen LogP contribution in [0.25, 0.3) is 0 Å². The quantitative estimate of drug-likeness (QED) is 0.255. The molecular weight excluding hydrogens is 569 g/mol. The Kier molecular flexibility index (Phi) is 7.88. The Balaban J connectivity index is 1.73. The minimum atomic E-state index is -0.594. The van der Waals surface area contributed by atoms with Gasteiger partial charge in [-0.2, -0.15) is 5.26 Å². The number of halogens is 3. The highest BCUT2D eigenvalue weighted by Crippen LogP contribution is 2.42. The summed E-state index contributed by atoms with van der Waals surface area (Å²) in [5.74, 6) is -0.835. The summed E-state index contributed by atoms with van der Waals surface area (Å²) < 4.78 is 0.861. The van der Waals surface area contributed by atoms with Crippen molar-refractivity contribution in [1.82, 2.24) is 0 Å². The summed E-state index contributed by atoms with van der Waals surface area (Å²) in [7, 11) is 0. The third-order valence-corrected chi connectivity index (χ3v) is 7.71. The van der Waals surface area contributed by atoms with Crippen LogP contribution in [0.4, 0.5) is 11.4 Å². The average molecular weight is 587 g/mol. The molecule has 0 bridgehead atoms. The van der Waals surface area contributed by atoms with Crippen molar-refractivity contribution < 1.29 is 9.59 Å². The number of hydrogen-bond donors (Lipinski definition) is 1. The van der Waals surface area contributed by atoms with Gasteiger partial charge in [-0.3, -0.25) is 14.5 Å². The minimum absolute atomic E-state index is 0.147. The second-order valence-corrected chi connectivity index (χ2v) is 10.8. The summed E-state index contributed by atoms with van der Waals surface area (Å²) in [6, 6.07) is 21.4. The van der Waals surface area contributed by atoms with Crippen molar-refractivity contribution >= 4 is 74.1 Å². The first-order valence-corrected chi connectivity index (χ1v) is 12.9. The van der Waals surface area contributed by atoms with Gasteiger partial charge < -0.3 is 5.32 Å². The Labute approximate surface area is 225 Å². The number of aryl methyl sites for hydroxylation is 1. The Morgan fingerprint density at radius 3 is 2.46 bits per heavy atom. The molecule has 1 saturated heterocycles. The van der Waals surface area contributed by atoms with E-state index in [0.717, 1.165) is 10.0 Å². The van der Waals surface area contributed by atoms with E-state index < -0.39 is 11.2 Å². The normalized spacial score (nSPS) is 16.7. The summed E-state index contributed by atoms with van der Waals surface area (Å²) in [6.07, 6.45) is 0.293. The van der Waals surface area contributed by atoms with Crippen LogP contribution in [0.15, 0.2) is 81.8 Å². The van der Waals surface area contributed by atoms with Crippen molar-refractivity contribution in [2.75, 3.05) is 10.2 Å². The molecule has 1 N–H and O–H groups in total. The van der Waals surface area contributed by atoms with E-state index >= 15 is 0 Å². The number of nitriles is 1. The molecule has 3 aromatic carbocycles. The van der Waals surface area contributed by atoms with E-state index in [2.05, 4.69) is 21.2 Å². The number of nitrogens with zero attached hydrogens (tertiary/aromatic N) is 2. The van der Waals surface area contributed by atoms with Gasteiger partial charge in [0.1, 0.15) is 16.7 Å². The van der Waals surface area contributed by atoms with Crippen LogP contribution in [-0.4, -0.2) is 17.1 Å². The van der Waals surface area contributed by atoms with Crippen LogP contribution in [0.2, 0.25) is 10.0 Å². The van der Waals surface area contributed by atoms with Crippen molar-refractivity contribution in [2.24, 2.45) is 0 Å². The predicted octanol–water partition coefficient (Wildman–Crippen LogP) is 7.13. The number of amides is 2. The number of carbonyl (C=O) groups excluding carboxylic acids is 2. The molecule has 0 saturated carbocycles. The highest BCUT2D eigenvalue weighted by Gasteiger charge is 2.41. The lowest BCUT2D eigenvalue weighted by atomic mass is 10.1. The minimum Gasteiger partial charge on any atom is -0.321 e. The molecule has 3 aromatic rings. The average Bonchev–Trinajstić information content (AvgIpc) is 3.14. The molecule has 0 aliphatic carbocycles. The number of nitrogens with one attached hydrogen (secondary N) is 1. The standard InChI is InChI=1S/C26H18BrCl2N3O2S/c1-15-2-9-20(10-3-15)32-25(34)23(13-16-12-18(28)6-11-22(16)29)35-26(32)21(14-30)24(33)31-19-7-4-17(27)5-8-19/h2-12,23H,13H2,1H3,(H,31,33)/b26-21-/t23-/m1/s1. The Bertz CT molecular complexity index is 1370. The van der Waals surface area contributed by atoms with Crippen LogP contribution in [0, 0.1) is 18.3 Å². The van der Waals surface area contributed by atoms with Gasteiger partial charge in [-0.25, -0.2) is 0 Å². The number of carbonyl (C=O) groups is 2. The Hall–Kier alpha value is -2.76. The first kappa shape index (κ1) is 25.3. The molecule has 0 spiro atoms. The van der Waals surface area contributed by atoms with Crippen LogP contribution in [0.1, 0.15) is 11.1 Å². The largest absolute Gasteiger partial charge is 0.321 e. The van der Waals surface area contributed by atoms with Gasteiger partial charge in [0.15, 0.2) is 0 Å². The van der Waals surface area contributed by atoms with Gasteiger partial charge in [0, 0.05) is 25.9 Å². The van der Waals surface area contributed by atoms with Gasteiger partial charge >= 0.3 is 0 Å². The van der Waals surface area contributed by atoms with E-state index in [4.69, 9.17) is 23.2 Å². The van der Waals surface area contributed by atoms with E-state index in [9.17, 15) is 14.9 Å². The third kappa shape index (κ3) is 5.74. The molecule has 0 radical (unpaired) electrons. The zero-order valence-electron chi connectivity index (χ0n) is 18.4. The second kappa shape index (κ2) is 10.9. The molecule has 0 aromatic heterocycles. The number of anilines is 2. The number of rotatable bonds is 5. The van der Waals surface area contributed by atoms with E-state index in [1.165, 1.54) is 16.7 Å². The molecule has 0 unspecified atom stereocenters. The van der Waals surface area contributed by atoms with Gasteiger partial charge in [-0.15, -0.1) is 0 Å². The van der Waals surface area contributed by atoms with Gasteiger partial charge in [0.2, 0.25) is 5.91 Å². The third-order valence-electron chi connectivity index (χ3n) is 5.31. The fourth-order valence-corrected chi connectivity index (χ4v) is 5.49. The first-order valence-electron chi connectivity index (χ1n) is 10.5. The molecular formula is C26H18BrCl2N3O2S. The number of benzene rings is 3. The number of thioether (sulfide) groups is 1.